The van der Waals surface area contributed by atoms with Gasteiger partial charge < -0.3 is 10.2 Å². The van der Waals surface area contributed by atoms with Crippen LogP contribution < -0.4 is 5.32 Å². The van der Waals surface area contributed by atoms with Crippen LogP contribution in [0.4, 0.5) is 5.69 Å². The maximum atomic E-state index is 8.75. The van der Waals surface area contributed by atoms with Crippen molar-refractivity contribution >= 4 is 17.3 Å². The van der Waals surface area contributed by atoms with E-state index in [1.165, 1.54) is 0 Å². The number of nitrogens with zero attached hydrogens (tertiary/aromatic N) is 2. The molecule has 3 nitrogen and oxygen atoms in total. The van der Waals surface area contributed by atoms with Crippen molar-refractivity contribution in [1.82, 2.24) is 4.90 Å². The van der Waals surface area contributed by atoms with Gasteiger partial charge in [0.1, 0.15) is 0 Å². The van der Waals surface area contributed by atoms with Crippen LogP contribution in [0.1, 0.15) is 25.8 Å². The highest BCUT2D eigenvalue weighted by Crippen LogP contribution is 2.22. The minimum atomic E-state index is 0.573. The number of anilines is 1. The van der Waals surface area contributed by atoms with Gasteiger partial charge in [0.25, 0.3) is 0 Å². The smallest absolute Gasteiger partial charge is 0.0992 e. The number of hydrogen-bond acceptors (Lipinski definition) is 3. The summed E-state index contributed by atoms with van der Waals surface area (Å²) in [6, 6.07) is 7.95. The molecule has 18 heavy (non-hydrogen) atoms. The fourth-order valence-corrected chi connectivity index (χ4v) is 1.79. The highest BCUT2D eigenvalue weighted by molar-refractivity contribution is 6.33. The molecule has 0 aromatic heterocycles. The van der Waals surface area contributed by atoms with E-state index < -0.39 is 0 Å². The van der Waals surface area contributed by atoms with Crippen LogP contribution in [0, 0.1) is 11.3 Å². The van der Waals surface area contributed by atoms with Gasteiger partial charge in [0, 0.05) is 12.6 Å². The van der Waals surface area contributed by atoms with Gasteiger partial charge in [-0.3, -0.25) is 0 Å². The molecule has 0 heterocycles. The van der Waals surface area contributed by atoms with Gasteiger partial charge in [0.2, 0.25) is 0 Å². The summed E-state index contributed by atoms with van der Waals surface area (Å²) >= 11 is 6.08. The van der Waals surface area contributed by atoms with Crippen molar-refractivity contribution in [3.05, 3.63) is 28.8 Å². The summed E-state index contributed by atoms with van der Waals surface area (Å²) in [5.41, 5.74) is 1.48. The molecule has 0 aliphatic heterocycles. The van der Waals surface area contributed by atoms with Crippen LogP contribution in [0.15, 0.2) is 18.2 Å². The molecule has 1 N–H and O–H groups in total. The lowest BCUT2D eigenvalue weighted by Crippen LogP contribution is -2.28. The Bertz CT molecular complexity index is 424. The number of benzene rings is 1. The molecule has 1 rings (SSSR count). The second-order valence-electron chi connectivity index (χ2n) is 4.66. The van der Waals surface area contributed by atoms with E-state index in [0.29, 0.717) is 16.6 Å². The Morgan fingerprint density at radius 1 is 1.44 bits per heavy atom. The molecule has 0 bridgehead atoms. The van der Waals surface area contributed by atoms with E-state index in [4.69, 9.17) is 16.9 Å². The summed E-state index contributed by atoms with van der Waals surface area (Å²) in [5.74, 6) is 0. The van der Waals surface area contributed by atoms with Crippen molar-refractivity contribution in [2.24, 2.45) is 0 Å². The van der Waals surface area contributed by atoms with E-state index in [1.807, 2.05) is 6.07 Å². The third-order valence-electron chi connectivity index (χ3n) is 2.98. The highest BCUT2D eigenvalue weighted by atomic mass is 35.5. The summed E-state index contributed by atoms with van der Waals surface area (Å²) in [6.45, 7) is 6.30. The molecule has 98 valence electrons. The molecule has 0 aliphatic rings. The van der Waals surface area contributed by atoms with E-state index in [9.17, 15) is 0 Å². The van der Waals surface area contributed by atoms with Gasteiger partial charge in [-0.2, -0.15) is 5.26 Å². The van der Waals surface area contributed by atoms with Crippen molar-refractivity contribution in [3.8, 4) is 6.07 Å². The van der Waals surface area contributed by atoms with Crippen LogP contribution in [0.25, 0.3) is 0 Å². The molecule has 0 spiro atoms. The maximum Gasteiger partial charge on any atom is 0.0992 e. The molecule has 0 amide bonds. The normalized spacial score (nSPS) is 10.7. The average Bonchev–Trinajstić information content (AvgIpc) is 2.35. The lowest BCUT2D eigenvalue weighted by atomic mass is 10.2. The standard InChI is InChI=1S/C14H20ClN3/c1-11(2)18(3)8-4-7-17-14-6-5-12(10-16)9-13(14)15/h5-6,9,11,17H,4,7-8H2,1-3H3. The average molecular weight is 266 g/mol. The summed E-state index contributed by atoms with van der Waals surface area (Å²) in [7, 11) is 2.12. The Hall–Kier alpha value is -1.24. The van der Waals surface area contributed by atoms with E-state index in [-0.39, 0.29) is 0 Å². The summed E-state index contributed by atoms with van der Waals surface area (Å²) < 4.78 is 0. The monoisotopic (exact) mass is 265 g/mol. The largest absolute Gasteiger partial charge is 0.384 e. The van der Waals surface area contributed by atoms with Crippen molar-refractivity contribution in [1.29, 1.82) is 5.26 Å². The minimum Gasteiger partial charge on any atom is -0.384 e. The predicted octanol–water partition coefficient (Wildman–Crippen LogP) is 3.35. The van der Waals surface area contributed by atoms with E-state index >= 15 is 0 Å². The number of nitriles is 1. The van der Waals surface area contributed by atoms with Gasteiger partial charge in [0.05, 0.1) is 22.3 Å². The molecular formula is C14H20ClN3. The number of nitrogens with one attached hydrogen (secondary N) is 1. The van der Waals surface area contributed by atoms with E-state index in [2.05, 4.69) is 37.2 Å². The molecule has 1 aromatic rings. The molecular weight excluding hydrogens is 246 g/mol. The van der Waals surface area contributed by atoms with Crippen LogP contribution in [0.5, 0.6) is 0 Å². The Kier molecular flexibility index (Phi) is 5.97. The van der Waals surface area contributed by atoms with Crippen LogP contribution in [-0.4, -0.2) is 31.1 Å². The Morgan fingerprint density at radius 2 is 2.17 bits per heavy atom. The SMILES string of the molecule is CC(C)N(C)CCCNc1ccc(C#N)cc1Cl. The number of halogens is 1. The number of rotatable bonds is 6. The zero-order chi connectivity index (χ0) is 13.5. The second-order valence-corrected chi connectivity index (χ2v) is 5.07. The van der Waals surface area contributed by atoms with Gasteiger partial charge in [0.15, 0.2) is 0 Å². The summed E-state index contributed by atoms with van der Waals surface area (Å²) in [6.07, 6.45) is 1.06. The maximum absolute atomic E-state index is 8.75. The van der Waals surface area contributed by atoms with E-state index in [0.717, 1.165) is 25.2 Å². The van der Waals surface area contributed by atoms with Crippen molar-refractivity contribution in [2.75, 3.05) is 25.5 Å². The van der Waals surface area contributed by atoms with Crippen molar-refractivity contribution in [2.45, 2.75) is 26.3 Å². The molecule has 0 fully saturated rings. The highest BCUT2D eigenvalue weighted by Gasteiger charge is 2.03. The molecule has 0 saturated carbocycles. The summed E-state index contributed by atoms with van der Waals surface area (Å²) in [4.78, 5) is 2.31. The first-order chi connectivity index (χ1) is 8.54. The second kappa shape index (κ2) is 7.25. The third-order valence-corrected chi connectivity index (χ3v) is 3.30. The van der Waals surface area contributed by atoms with Gasteiger partial charge >= 0.3 is 0 Å². The zero-order valence-corrected chi connectivity index (χ0v) is 12.0. The fourth-order valence-electron chi connectivity index (χ4n) is 1.54. The van der Waals surface area contributed by atoms with E-state index in [1.54, 1.807) is 12.1 Å². The molecule has 0 saturated heterocycles. The molecule has 0 aliphatic carbocycles. The fraction of sp³-hybridized carbons (Fsp3) is 0.500. The Labute approximate surface area is 114 Å². The lowest BCUT2D eigenvalue weighted by molar-refractivity contribution is 0.273. The molecule has 4 heteroatoms. The zero-order valence-electron chi connectivity index (χ0n) is 11.2. The first kappa shape index (κ1) is 14.8. The van der Waals surface area contributed by atoms with Gasteiger partial charge in [-0.05, 0) is 52.1 Å². The molecule has 0 radical (unpaired) electrons. The number of hydrogen-bond donors (Lipinski definition) is 1. The summed E-state index contributed by atoms with van der Waals surface area (Å²) in [5, 5.41) is 12.6. The first-order valence-corrected chi connectivity index (χ1v) is 6.56. The van der Waals surface area contributed by atoms with Crippen molar-refractivity contribution < 1.29 is 0 Å². The van der Waals surface area contributed by atoms with Crippen LogP contribution >= 0.6 is 11.6 Å². The molecule has 0 unspecified atom stereocenters. The predicted molar refractivity (Wildman–Crippen MR) is 77.0 cm³/mol. The minimum absolute atomic E-state index is 0.573. The quantitative estimate of drug-likeness (QED) is 0.802. The Morgan fingerprint density at radius 3 is 2.72 bits per heavy atom. The third kappa shape index (κ3) is 4.56. The molecule has 0 atom stereocenters. The Balaban J connectivity index is 2.38. The van der Waals surface area contributed by atoms with Gasteiger partial charge in [-0.25, -0.2) is 0 Å². The van der Waals surface area contributed by atoms with Crippen LogP contribution in [-0.2, 0) is 0 Å². The van der Waals surface area contributed by atoms with Crippen molar-refractivity contribution in [3.63, 3.8) is 0 Å². The first-order valence-electron chi connectivity index (χ1n) is 6.18. The topological polar surface area (TPSA) is 39.1 Å². The van der Waals surface area contributed by atoms with Crippen LogP contribution in [0.2, 0.25) is 5.02 Å². The van der Waals surface area contributed by atoms with Crippen LogP contribution in [0.3, 0.4) is 0 Å². The van der Waals surface area contributed by atoms with Gasteiger partial charge in [-0.1, -0.05) is 11.6 Å². The van der Waals surface area contributed by atoms with Gasteiger partial charge in [-0.15, -0.1) is 0 Å². The lowest BCUT2D eigenvalue weighted by Gasteiger charge is -2.21. The molecule has 1 aromatic carbocycles.